The molecule has 5 nitrogen and oxygen atoms in total. The lowest BCUT2D eigenvalue weighted by Crippen LogP contribution is -2.51. The number of amides is 2. The Labute approximate surface area is 214 Å². The third kappa shape index (κ3) is 8.51. The van der Waals surface area contributed by atoms with E-state index in [1.807, 2.05) is 42.5 Å². The van der Waals surface area contributed by atoms with Crippen molar-refractivity contribution < 1.29 is 18.7 Å². The fourth-order valence-electron chi connectivity index (χ4n) is 3.61. The first kappa shape index (κ1) is 26.4. The monoisotopic (exact) mass is 540 g/mol. The summed E-state index contributed by atoms with van der Waals surface area (Å²) in [5.41, 5.74) is 1.66. The molecular weight excluding hydrogens is 511 g/mol. The Morgan fingerprint density at radius 3 is 2.31 bits per heavy atom. The van der Waals surface area contributed by atoms with Gasteiger partial charge in [0.1, 0.15) is 17.6 Å². The van der Waals surface area contributed by atoms with Gasteiger partial charge in [-0.3, -0.25) is 9.59 Å². The summed E-state index contributed by atoms with van der Waals surface area (Å²) < 4.78 is 20.1. The number of rotatable bonds is 12. The number of hydrogen-bond donors (Lipinski definition) is 1. The van der Waals surface area contributed by atoms with Crippen LogP contribution in [0.1, 0.15) is 30.9 Å². The third-order valence-electron chi connectivity index (χ3n) is 5.54. The fraction of sp³-hybridized carbons (Fsp3) is 0.286. The number of halogens is 2. The van der Waals surface area contributed by atoms with Crippen molar-refractivity contribution in [2.75, 3.05) is 13.2 Å². The van der Waals surface area contributed by atoms with Crippen molar-refractivity contribution in [1.82, 2.24) is 10.2 Å². The lowest BCUT2D eigenvalue weighted by molar-refractivity contribution is -0.142. The first-order chi connectivity index (χ1) is 17.0. The summed E-state index contributed by atoms with van der Waals surface area (Å²) in [6.45, 7) is 2.52. The summed E-state index contributed by atoms with van der Waals surface area (Å²) in [5, 5.41) is 2.98. The average Bonchev–Trinajstić information content (AvgIpc) is 2.87. The van der Waals surface area contributed by atoms with Crippen molar-refractivity contribution in [3.63, 3.8) is 0 Å². The van der Waals surface area contributed by atoms with Crippen LogP contribution in [0.3, 0.4) is 0 Å². The maximum atomic E-state index is 13.5. The topological polar surface area (TPSA) is 58.6 Å². The Bertz CT molecular complexity index is 1080. The zero-order chi connectivity index (χ0) is 25.0. The predicted molar refractivity (Wildman–Crippen MR) is 138 cm³/mol. The van der Waals surface area contributed by atoms with Gasteiger partial charge in [-0.2, -0.15) is 0 Å². The molecule has 0 unspecified atom stereocenters. The standard InChI is InChI=1S/C28H30BrFN2O3/c1-2-3-17-31-28(34)26(18-21-7-5-4-6-8-21)32(19-22-9-13-24(30)14-10-22)27(33)20-35-25-15-11-23(29)12-16-25/h4-16,26H,2-3,17-20H2,1H3,(H,31,34)/t26-/m1/s1. The van der Waals surface area contributed by atoms with Crippen molar-refractivity contribution >= 4 is 27.7 Å². The minimum absolute atomic E-state index is 0.154. The van der Waals surface area contributed by atoms with Gasteiger partial charge >= 0.3 is 0 Å². The first-order valence-electron chi connectivity index (χ1n) is 11.7. The molecule has 3 rings (SSSR count). The Morgan fingerprint density at radius 2 is 1.66 bits per heavy atom. The van der Waals surface area contributed by atoms with Gasteiger partial charge in [0.15, 0.2) is 6.61 Å². The molecule has 0 heterocycles. The Balaban J connectivity index is 1.86. The second-order valence-electron chi connectivity index (χ2n) is 8.24. The van der Waals surface area contributed by atoms with E-state index in [1.54, 1.807) is 24.3 Å². The number of ether oxygens (including phenoxy) is 1. The maximum absolute atomic E-state index is 13.5. The number of nitrogens with zero attached hydrogens (tertiary/aromatic N) is 1. The van der Waals surface area contributed by atoms with Crippen molar-refractivity contribution in [2.45, 2.75) is 38.8 Å². The smallest absolute Gasteiger partial charge is 0.261 e. The first-order valence-corrected chi connectivity index (χ1v) is 12.5. The zero-order valence-corrected chi connectivity index (χ0v) is 21.3. The highest BCUT2D eigenvalue weighted by atomic mass is 79.9. The van der Waals surface area contributed by atoms with Crippen LogP contribution in [0.15, 0.2) is 83.3 Å². The van der Waals surface area contributed by atoms with E-state index >= 15 is 0 Å². The molecule has 3 aromatic carbocycles. The number of nitrogens with one attached hydrogen (secondary N) is 1. The van der Waals surface area contributed by atoms with Crippen LogP contribution in [-0.2, 0) is 22.6 Å². The molecule has 0 aliphatic rings. The van der Waals surface area contributed by atoms with Crippen LogP contribution >= 0.6 is 15.9 Å². The second-order valence-corrected chi connectivity index (χ2v) is 9.16. The van der Waals surface area contributed by atoms with Crippen LogP contribution in [0.4, 0.5) is 4.39 Å². The van der Waals surface area contributed by atoms with Gasteiger partial charge < -0.3 is 15.0 Å². The van der Waals surface area contributed by atoms with Crippen LogP contribution in [-0.4, -0.2) is 35.9 Å². The molecule has 0 aliphatic carbocycles. The number of carbonyl (C=O) groups excluding carboxylic acids is 2. The molecule has 0 saturated heterocycles. The molecule has 0 spiro atoms. The van der Waals surface area contributed by atoms with Crippen molar-refractivity contribution in [3.05, 3.63) is 100 Å². The van der Waals surface area contributed by atoms with Crippen LogP contribution in [0, 0.1) is 5.82 Å². The minimum atomic E-state index is -0.750. The Kier molecular flexibility index (Phi) is 10.3. The largest absolute Gasteiger partial charge is 0.484 e. The Hall–Kier alpha value is -3.19. The lowest BCUT2D eigenvalue weighted by atomic mass is 10.0. The molecule has 7 heteroatoms. The molecule has 1 N–H and O–H groups in total. The minimum Gasteiger partial charge on any atom is -0.484 e. The molecule has 3 aromatic rings. The normalized spacial score (nSPS) is 11.5. The van der Waals surface area contributed by atoms with Crippen molar-refractivity contribution in [2.24, 2.45) is 0 Å². The summed E-state index contributed by atoms with van der Waals surface area (Å²) in [4.78, 5) is 28.3. The van der Waals surface area contributed by atoms with E-state index in [0.717, 1.165) is 28.4 Å². The zero-order valence-electron chi connectivity index (χ0n) is 19.8. The van der Waals surface area contributed by atoms with Gasteiger partial charge in [-0.05, 0) is 53.9 Å². The van der Waals surface area contributed by atoms with E-state index in [2.05, 4.69) is 28.2 Å². The average molecular weight is 541 g/mol. The molecule has 0 saturated carbocycles. The van der Waals surface area contributed by atoms with Gasteiger partial charge in [-0.15, -0.1) is 0 Å². The molecule has 35 heavy (non-hydrogen) atoms. The molecule has 0 aliphatic heterocycles. The second kappa shape index (κ2) is 13.6. The molecule has 0 fully saturated rings. The highest BCUT2D eigenvalue weighted by Crippen LogP contribution is 2.18. The van der Waals surface area contributed by atoms with Crippen LogP contribution in [0.25, 0.3) is 0 Å². The molecule has 184 valence electrons. The highest BCUT2D eigenvalue weighted by molar-refractivity contribution is 9.10. The molecule has 1 atom stereocenters. The molecular formula is C28H30BrFN2O3. The van der Waals surface area contributed by atoms with E-state index in [0.29, 0.717) is 18.7 Å². The van der Waals surface area contributed by atoms with Gasteiger partial charge in [0.05, 0.1) is 0 Å². The van der Waals surface area contributed by atoms with Crippen molar-refractivity contribution in [3.8, 4) is 5.75 Å². The predicted octanol–water partition coefficient (Wildman–Crippen LogP) is 5.52. The van der Waals surface area contributed by atoms with Crippen LogP contribution in [0.2, 0.25) is 0 Å². The summed E-state index contributed by atoms with van der Waals surface area (Å²) in [6, 6.07) is 22.0. The molecule has 0 aromatic heterocycles. The number of unbranched alkanes of at least 4 members (excludes halogenated alkanes) is 1. The van der Waals surface area contributed by atoms with E-state index in [9.17, 15) is 14.0 Å². The van der Waals surface area contributed by atoms with Gasteiger partial charge in [0, 0.05) is 24.0 Å². The Morgan fingerprint density at radius 1 is 0.971 bits per heavy atom. The van der Waals surface area contributed by atoms with Gasteiger partial charge in [0.2, 0.25) is 5.91 Å². The quantitative estimate of drug-likeness (QED) is 0.307. The molecule has 0 bridgehead atoms. The number of benzene rings is 3. The number of hydrogen-bond acceptors (Lipinski definition) is 3. The molecule has 2 amide bonds. The summed E-state index contributed by atoms with van der Waals surface area (Å²) >= 11 is 3.38. The van der Waals surface area contributed by atoms with E-state index < -0.39 is 6.04 Å². The molecule has 0 radical (unpaired) electrons. The summed E-state index contributed by atoms with van der Waals surface area (Å²) in [6.07, 6.45) is 2.15. The van der Waals surface area contributed by atoms with E-state index in [-0.39, 0.29) is 30.8 Å². The highest BCUT2D eigenvalue weighted by Gasteiger charge is 2.30. The SMILES string of the molecule is CCCCNC(=O)[C@@H](Cc1ccccc1)N(Cc1ccc(F)cc1)C(=O)COc1ccc(Br)cc1. The summed E-state index contributed by atoms with van der Waals surface area (Å²) in [7, 11) is 0. The fourth-order valence-corrected chi connectivity index (χ4v) is 3.87. The van der Waals surface area contributed by atoms with Crippen LogP contribution < -0.4 is 10.1 Å². The van der Waals surface area contributed by atoms with Gasteiger partial charge in [0.25, 0.3) is 5.91 Å². The van der Waals surface area contributed by atoms with Crippen LogP contribution in [0.5, 0.6) is 5.75 Å². The van der Waals surface area contributed by atoms with Crippen molar-refractivity contribution in [1.29, 1.82) is 0 Å². The number of carbonyl (C=O) groups is 2. The maximum Gasteiger partial charge on any atom is 0.261 e. The van der Waals surface area contributed by atoms with E-state index in [4.69, 9.17) is 4.74 Å². The van der Waals surface area contributed by atoms with E-state index in [1.165, 1.54) is 17.0 Å². The summed E-state index contributed by atoms with van der Waals surface area (Å²) in [5.74, 6) is -0.358. The van der Waals surface area contributed by atoms with Gasteiger partial charge in [-0.25, -0.2) is 4.39 Å². The van der Waals surface area contributed by atoms with Gasteiger partial charge in [-0.1, -0.05) is 71.7 Å². The lowest BCUT2D eigenvalue weighted by Gasteiger charge is -2.31. The third-order valence-corrected chi connectivity index (χ3v) is 6.07.